The van der Waals surface area contributed by atoms with Crippen LogP contribution in [0.5, 0.6) is 0 Å². The molecule has 1 unspecified atom stereocenters. The van der Waals surface area contributed by atoms with Gasteiger partial charge in [0.2, 0.25) is 5.91 Å². The zero-order valence-electron chi connectivity index (χ0n) is 13.8. The van der Waals surface area contributed by atoms with Crippen molar-refractivity contribution >= 4 is 17.8 Å². The normalized spacial score (nSPS) is 16.6. The summed E-state index contributed by atoms with van der Waals surface area (Å²) in [5, 5.41) is 21.0. The zero-order valence-corrected chi connectivity index (χ0v) is 13.8. The fourth-order valence-electron chi connectivity index (χ4n) is 2.82. The van der Waals surface area contributed by atoms with Crippen molar-refractivity contribution < 1.29 is 24.6 Å². The molecule has 0 aromatic heterocycles. The van der Waals surface area contributed by atoms with Crippen LogP contribution in [0.25, 0.3) is 0 Å². The van der Waals surface area contributed by atoms with Gasteiger partial charge in [-0.15, -0.1) is 0 Å². The van der Waals surface area contributed by atoms with Gasteiger partial charge in [-0.25, -0.2) is 4.79 Å². The Kier molecular flexibility index (Phi) is 8.61. The first-order valence-electron chi connectivity index (χ1n) is 8.39. The summed E-state index contributed by atoms with van der Waals surface area (Å²) in [6, 6.07) is -0.0596. The number of hydrogen-bond donors (Lipinski definition) is 3. The highest BCUT2D eigenvalue weighted by atomic mass is 16.4. The van der Waals surface area contributed by atoms with Crippen LogP contribution in [0.1, 0.15) is 58.3 Å². The molecule has 1 fully saturated rings. The number of carbonyl (C=O) groups is 3. The van der Waals surface area contributed by atoms with E-state index in [1.54, 1.807) is 0 Å². The molecular weight excluding hydrogens is 300 g/mol. The lowest BCUT2D eigenvalue weighted by molar-refractivity contribution is -0.126. The molecular formula is C16H28N2O5. The molecule has 0 heterocycles. The Morgan fingerprint density at radius 2 is 1.83 bits per heavy atom. The van der Waals surface area contributed by atoms with Gasteiger partial charge in [0.05, 0.1) is 0 Å². The van der Waals surface area contributed by atoms with Crippen LogP contribution in [0.2, 0.25) is 0 Å². The second-order valence-corrected chi connectivity index (χ2v) is 6.15. The number of hydrogen-bond acceptors (Lipinski definition) is 4. The van der Waals surface area contributed by atoms with Gasteiger partial charge in [0.25, 0.3) is 0 Å². The van der Waals surface area contributed by atoms with Gasteiger partial charge in [-0.1, -0.05) is 19.3 Å². The smallest absolute Gasteiger partial charge is 0.408 e. The fraction of sp³-hybridized carbons (Fsp3) is 0.812. The second-order valence-electron chi connectivity index (χ2n) is 6.15. The number of rotatable bonds is 9. The first kappa shape index (κ1) is 19.4. The molecule has 1 aliphatic carbocycles. The lowest BCUT2D eigenvalue weighted by Gasteiger charge is -2.31. The van der Waals surface area contributed by atoms with E-state index in [-0.39, 0.29) is 30.7 Å². The minimum absolute atomic E-state index is 0.0596. The molecule has 0 aromatic rings. The molecule has 2 amide bonds. The molecule has 1 aliphatic rings. The van der Waals surface area contributed by atoms with Gasteiger partial charge in [-0.05, 0) is 32.6 Å². The maximum atomic E-state index is 11.9. The van der Waals surface area contributed by atoms with E-state index >= 15 is 0 Å². The quantitative estimate of drug-likeness (QED) is 0.557. The van der Waals surface area contributed by atoms with Gasteiger partial charge in [-0.2, -0.15) is 0 Å². The topological polar surface area (TPSA) is 107 Å². The van der Waals surface area contributed by atoms with Gasteiger partial charge in [0.1, 0.15) is 12.6 Å². The van der Waals surface area contributed by atoms with Crippen LogP contribution in [0.3, 0.4) is 0 Å². The lowest BCUT2D eigenvalue weighted by Crippen LogP contribution is -2.46. The van der Waals surface area contributed by atoms with Crippen molar-refractivity contribution in [1.82, 2.24) is 10.2 Å². The zero-order chi connectivity index (χ0) is 17.2. The van der Waals surface area contributed by atoms with Gasteiger partial charge >= 0.3 is 6.09 Å². The molecule has 0 saturated heterocycles. The van der Waals surface area contributed by atoms with Crippen molar-refractivity contribution in [2.24, 2.45) is 0 Å². The number of nitrogens with zero attached hydrogens (tertiary/aromatic N) is 1. The highest BCUT2D eigenvalue weighted by molar-refractivity contribution is 5.82. The molecule has 0 bridgehead atoms. The van der Waals surface area contributed by atoms with E-state index in [4.69, 9.17) is 5.11 Å². The number of carbonyl (C=O) groups excluding carboxylic acids is 2. The van der Waals surface area contributed by atoms with Crippen LogP contribution < -0.4 is 5.32 Å². The van der Waals surface area contributed by atoms with Crippen molar-refractivity contribution in [3.8, 4) is 0 Å². The van der Waals surface area contributed by atoms with E-state index in [0.29, 0.717) is 19.4 Å². The number of nitrogens with one attached hydrogen (secondary N) is 1. The summed E-state index contributed by atoms with van der Waals surface area (Å²) >= 11 is 0. The molecule has 7 nitrogen and oxygen atoms in total. The molecule has 3 N–H and O–H groups in total. The van der Waals surface area contributed by atoms with Gasteiger partial charge in [0, 0.05) is 19.0 Å². The van der Waals surface area contributed by atoms with E-state index in [2.05, 4.69) is 5.32 Å². The monoisotopic (exact) mass is 328 g/mol. The number of unbranched alkanes of at least 4 members (excludes halogenated alkanes) is 1. The maximum absolute atomic E-state index is 11.9. The number of amides is 2. The summed E-state index contributed by atoms with van der Waals surface area (Å²) in [6.45, 7) is 1.71. The van der Waals surface area contributed by atoms with Crippen LogP contribution in [0.15, 0.2) is 0 Å². The summed E-state index contributed by atoms with van der Waals surface area (Å²) in [5.41, 5.74) is 0. The Bertz CT molecular complexity index is 405. The number of Topliss-reactive ketones (excluding diaryl/α,β-unsaturated/α-hetero) is 1. The van der Waals surface area contributed by atoms with Crippen molar-refractivity contribution in [3.05, 3.63) is 0 Å². The highest BCUT2D eigenvalue weighted by Crippen LogP contribution is 2.22. The molecule has 0 spiro atoms. The molecule has 132 valence electrons. The van der Waals surface area contributed by atoms with Gasteiger partial charge < -0.3 is 15.5 Å². The Labute approximate surface area is 137 Å². The third kappa shape index (κ3) is 7.45. The summed E-state index contributed by atoms with van der Waals surface area (Å²) < 4.78 is 0. The first-order chi connectivity index (χ1) is 10.9. The Morgan fingerprint density at radius 1 is 1.17 bits per heavy atom. The van der Waals surface area contributed by atoms with Crippen LogP contribution in [-0.4, -0.2) is 58.1 Å². The third-order valence-corrected chi connectivity index (χ3v) is 4.21. The minimum Gasteiger partial charge on any atom is -0.465 e. The van der Waals surface area contributed by atoms with Crippen molar-refractivity contribution in [2.75, 3.05) is 13.1 Å². The van der Waals surface area contributed by atoms with Crippen LogP contribution in [-0.2, 0) is 9.59 Å². The Balaban J connectivity index is 2.25. The van der Waals surface area contributed by atoms with E-state index < -0.39 is 12.2 Å². The van der Waals surface area contributed by atoms with E-state index in [0.717, 1.165) is 32.1 Å². The van der Waals surface area contributed by atoms with Gasteiger partial charge in [0.15, 0.2) is 5.78 Å². The first-order valence-corrected chi connectivity index (χ1v) is 8.39. The Morgan fingerprint density at radius 3 is 2.39 bits per heavy atom. The molecule has 0 aromatic carbocycles. The molecule has 0 radical (unpaired) electrons. The summed E-state index contributed by atoms with van der Waals surface area (Å²) in [5.74, 6) is -0.509. The molecule has 1 atom stereocenters. The van der Waals surface area contributed by atoms with Crippen molar-refractivity contribution in [3.63, 3.8) is 0 Å². The number of carboxylic acid groups (broad SMARTS) is 1. The summed E-state index contributed by atoms with van der Waals surface area (Å²) in [4.78, 5) is 35.7. The SMILES string of the molecule is CC(O)C(=O)CCCCNC(=O)CN(C(=O)O)C1CCCCC1. The molecule has 1 rings (SSSR count). The lowest BCUT2D eigenvalue weighted by atomic mass is 9.94. The second kappa shape index (κ2) is 10.2. The summed E-state index contributed by atoms with van der Waals surface area (Å²) in [6.07, 6.45) is 4.30. The maximum Gasteiger partial charge on any atom is 0.408 e. The van der Waals surface area contributed by atoms with Crippen LogP contribution in [0.4, 0.5) is 4.79 Å². The molecule has 7 heteroatoms. The predicted octanol–water partition coefficient (Wildman–Crippen LogP) is 1.54. The number of ketones is 1. The molecule has 23 heavy (non-hydrogen) atoms. The van der Waals surface area contributed by atoms with E-state index in [1.165, 1.54) is 11.8 Å². The van der Waals surface area contributed by atoms with Crippen molar-refractivity contribution in [1.29, 1.82) is 0 Å². The third-order valence-electron chi connectivity index (χ3n) is 4.21. The van der Waals surface area contributed by atoms with Crippen LogP contribution in [0, 0.1) is 0 Å². The van der Waals surface area contributed by atoms with Crippen LogP contribution >= 0.6 is 0 Å². The molecule has 0 aliphatic heterocycles. The van der Waals surface area contributed by atoms with E-state index in [9.17, 15) is 19.5 Å². The predicted molar refractivity (Wildman–Crippen MR) is 85.2 cm³/mol. The number of aliphatic hydroxyl groups is 1. The average Bonchev–Trinajstić information content (AvgIpc) is 2.52. The largest absolute Gasteiger partial charge is 0.465 e. The fourth-order valence-corrected chi connectivity index (χ4v) is 2.82. The van der Waals surface area contributed by atoms with Crippen molar-refractivity contribution in [2.45, 2.75) is 70.4 Å². The minimum atomic E-state index is -1.05. The summed E-state index contributed by atoms with van der Waals surface area (Å²) in [7, 11) is 0. The van der Waals surface area contributed by atoms with Gasteiger partial charge in [-0.3, -0.25) is 14.5 Å². The standard InChI is InChI=1S/C16H28N2O5/c1-12(19)14(20)9-5-6-10-17-15(21)11-18(16(22)23)13-7-3-2-4-8-13/h12-13,19H,2-11H2,1H3,(H,17,21)(H,22,23). The van der Waals surface area contributed by atoms with E-state index in [1.807, 2.05) is 0 Å². The highest BCUT2D eigenvalue weighted by Gasteiger charge is 2.26. The average molecular weight is 328 g/mol. The molecule has 1 saturated carbocycles. The number of aliphatic hydroxyl groups excluding tert-OH is 1. The Hall–Kier alpha value is -1.63.